The van der Waals surface area contributed by atoms with Crippen LogP contribution in [0.2, 0.25) is 0 Å². The average Bonchev–Trinajstić information content (AvgIpc) is 2.79. The van der Waals surface area contributed by atoms with Crippen molar-refractivity contribution in [1.29, 1.82) is 0 Å². The van der Waals surface area contributed by atoms with Crippen molar-refractivity contribution < 1.29 is 13.2 Å². The van der Waals surface area contributed by atoms with Gasteiger partial charge in [0.1, 0.15) is 5.82 Å². The zero-order valence-electron chi connectivity index (χ0n) is 18.3. The summed E-state index contributed by atoms with van der Waals surface area (Å²) in [5.41, 5.74) is 1.10. The molecule has 1 fully saturated rings. The summed E-state index contributed by atoms with van der Waals surface area (Å²) in [4.78, 5) is 11.4. The van der Waals surface area contributed by atoms with Gasteiger partial charge < -0.3 is 15.5 Å². The Morgan fingerprint density at radius 2 is 1.62 bits per heavy atom. The molecule has 4 rings (SSSR count). The fourth-order valence-corrected chi connectivity index (χ4v) is 4.26. The average molecular weight is 444 g/mol. The topological polar surface area (TPSA) is 53.1 Å². The van der Waals surface area contributed by atoms with Gasteiger partial charge in [-0.1, -0.05) is 18.2 Å². The Kier molecular flexibility index (Phi) is 6.79. The molecule has 3 aromatic rings. The fourth-order valence-electron chi connectivity index (χ4n) is 4.26. The van der Waals surface area contributed by atoms with E-state index >= 15 is 0 Å². The maximum Gasteiger partial charge on any atom is 0.225 e. The van der Waals surface area contributed by atoms with Crippen molar-refractivity contribution in [1.82, 2.24) is 15.3 Å². The Bertz CT molecular complexity index is 1080. The molecular formula is C24H28F3N5. The van der Waals surface area contributed by atoms with Gasteiger partial charge in [0.15, 0.2) is 17.5 Å². The maximum absolute atomic E-state index is 13.8. The van der Waals surface area contributed by atoms with Crippen molar-refractivity contribution in [2.24, 2.45) is 0 Å². The van der Waals surface area contributed by atoms with Crippen LogP contribution in [0.1, 0.15) is 31.2 Å². The van der Waals surface area contributed by atoms with Crippen LogP contribution in [0.5, 0.6) is 0 Å². The lowest BCUT2D eigenvalue weighted by Gasteiger charge is -2.30. The standard InChI is InChI=1S/C24H28F3N5/c1-32(2)23-18-5-3-4-6-20(18)30-24(31-23)29-17-10-8-16(9-11-17)28-14-13-15-7-12-19(25)22(27)21(15)26/h3-7,12,16-17,28H,8-11,13-14H2,1-2H3,(H,29,30,31). The second-order valence-electron chi connectivity index (χ2n) is 8.51. The monoisotopic (exact) mass is 443 g/mol. The van der Waals surface area contributed by atoms with E-state index in [2.05, 4.69) is 15.6 Å². The number of aromatic nitrogens is 2. The van der Waals surface area contributed by atoms with Crippen molar-refractivity contribution in [3.05, 3.63) is 59.4 Å². The molecule has 0 radical (unpaired) electrons. The van der Waals surface area contributed by atoms with E-state index in [9.17, 15) is 13.2 Å². The first kappa shape index (κ1) is 22.3. The minimum Gasteiger partial charge on any atom is -0.362 e. The highest BCUT2D eigenvalue weighted by atomic mass is 19.2. The van der Waals surface area contributed by atoms with Gasteiger partial charge in [0.05, 0.1) is 5.52 Å². The van der Waals surface area contributed by atoms with Gasteiger partial charge >= 0.3 is 0 Å². The minimum atomic E-state index is -1.40. The van der Waals surface area contributed by atoms with Crippen LogP contribution in [0.15, 0.2) is 36.4 Å². The van der Waals surface area contributed by atoms with Crippen LogP contribution < -0.4 is 15.5 Å². The number of hydrogen-bond donors (Lipinski definition) is 2. The molecule has 1 saturated carbocycles. The van der Waals surface area contributed by atoms with E-state index in [1.807, 2.05) is 43.3 Å². The van der Waals surface area contributed by atoms with E-state index in [1.54, 1.807) is 0 Å². The van der Waals surface area contributed by atoms with Gasteiger partial charge in [-0.2, -0.15) is 4.98 Å². The van der Waals surface area contributed by atoms with Crippen LogP contribution in [-0.4, -0.2) is 42.7 Å². The summed E-state index contributed by atoms with van der Waals surface area (Å²) in [5.74, 6) is -2.12. The SMILES string of the molecule is CN(C)c1nc(NC2CCC(NCCc3ccc(F)c(F)c3F)CC2)nc2ccccc12. The van der Waals surface area contributed by atoms with Gasteiger partial charge in [-0.05, 0) is 62.4 Å². The van der Waals surface area contributed by atoms with E-state index < -0.39 is 17.5 Å². The molecule has 0 aliphatic heterocycles. The minimum absolute atomic E-state index is 0.192. The van der Waals surface area contributed by atoms with E-state index in [1.165, 1.54) is 6.07 Å². The third-order valence-corrected chi connectivity index (χ3v) is 6.01. The number of fused-ring (bicyclic) bond motifs is 1. The fraction of sp³-hybridized carbons (Fsp3) is 0.417. The lowest BCUT2D eigenvalue weighted by Crippen LogP contribution is -2.38. The summed E-state index contributed by atoms with van der Waals surface area (Å²) in [7, 11) is 3.95. The molecule has 8 heteroatoms. The Labute approximate surface area is 186 Å². The molecule has 32 heavy (non-hydrogen) atoms. The molecule has 1 aliphatic rings. The molecule has 0 saturated heterocycles. The number of nitrogens with zero attached hydrogens (tertiary/aromatic N) is 3. The highest BCUT2D eigenvalue weighted by Crippen LogP contribution is 2.26. The van der Waals surface area contributed by atoms with Crippen molar-refractivity contribution in [3.8, 4) is 0 Å². The van der Waals surface area contributed by atoms with E-state index in [0.717, 1.165) is 48.5 Å². The van der Waals surface area contributed by atoms with Crippen LogP contribution in [-0.2, 0) is 6.42 Å². The van der Waals surface area contributed by atoms with E-state index in [4.69, 9.17) is 4.98 Å². The zero-order valence-corrected chi connectivity index (χ0v) is 18.3. The lowest BCUT2D eigenvalue weighted by molar-refractivity contribution is 0.354. The molecule has 2 aromatic carbocycles. The Balaban J connectivity index is 1.29. The van der Waals surface area contributed by atoms with Gasteiger partial charge in [0.2, 0.25) is 5.95 Å². The second-order valence-corrected chi connectivity index (χ2v) is 8.51. The molecule has 5 nitrogen and oxygen atoms in total. The highest BCUT2D eigenvalue weighted by Gasteiger charge is 2.22. The number of halogens is 3. The van der Waals surface area contributed by atoms with Crippen LogP contribution in [0.25, 0.3) is 10.9 Å². The van der Waals surface area contributed by atoms with Gasteiger partial charge in [0, 0.05) is 31.6 Å². The van der Waals surface area contributed by atoms with Crippen LogP contribution in [0.3, 0.4) is 0 Å². The number of anilines is 2. The number of hydrogen-bond acceptors (Lipinski definition) is 5. The molecule has 0 unspecified atom stereocenters. The van der Waals surface area contributed by atoms with Crippen molar-refractivity contribution in [2.45, 2.75) is 44.2 Å². The summed E-state index contributed by atoms with van der Waals surface area (Å²) >= 11 is 0. The van der Waals surface area contributed by atoms with Crippen molar-refractivity contribution in [2.75, 3.05) is 30.9 Å². The predicted octanol–water partition coefficient (Wildman–Crippen LogP) is 4.67. The third-order valence-electron chi connectivity index (χ3n) is 6.01. The van der Waals surface area contributed by atoms with Gasteiger partial charge in [-0.3, -0.25) is 0 Å². The molecule has 1 aliphatic carbocycles. The second kappa shape index (κ2) is 9.73. The van der Waals surface area contributed by atoms with Gasteiger partial charge in [-0.25, -0.2) is 18.2 Å². The summed E-state index contributed by atoms with van der Waals surface area (Å²) in [6, 6.07) is 10.9. The van der Waals surface area contributed by atoms with Crippen LogP contribution in [0, 0.1) is 17.5 Å². The first-order valence-electron chi connectivity index (χ1n) is 11.0. The number of benzene rings is 2. The predicted molar refractivity (Wildman–Crippen MR) is 122 cm³/mol. The summed E-state index contributed by atoms with van der Waals surface area (Å²) in [6.07, 6.45) is 4.17. The number of para-hydroxylation sites is 1. The van der Waals surface area contributed by atoms with Crippen LogP contribution >= 0.6 is 0 Å². The van der Waals surface area contributed by atoms with E-state index in [-0.39, 0.29) is 11.6 Å². The van der Waals surface area contributed by atoms with Gasteiger partial charge in [0.25, 0.3) is 0 Å². The Morgan fingerprint density at radius 3 is 2.38 bits per heavy atom. The molecule has 0 bridgehead atoms. The normalized spacial score (nSPS) is 18.7. The molecule has 2 N–H and O–H groups in total. The summed E-state index contributed by atoms with van der Waals surface area (Å²) in [6.45, 7) is 0.519. The van der Waals surface area contributed by atoms with Crippen molar-refractivity contribution in [3.63, 3.8) is 0 Å². The lowest BCUT2D eigenvalue weighted by atomic mass is 9.91. The molecule has 0 amide bonds. The Hall–Kier alpha value is -2.87. The summed E-state index contributed by atoms with van der Waals surface area (Å²) < 4.78 is 40.2. The molecule has 0 atom stereocenters. The van der Waals surface area contributed by atoms with E-state index in [0.29, 0.717) is 25.0 Å². The quantitative estimate of drug-likeness (QED) is 0.520. The Morgan fingerprint density at radius 1 is 0.906 bits per heavy atom. The molecule has 1 heterocycles. The molecule has 1 aromatic heterocycles. The smallest absolute Gasteiger partial charge is 0.225 e. The number of nitrogens with one attached hydrogen (secondary N) is 2. The van der Waals surface area contributed by atoms with Crippen LogP contribution in [0.4, 0.5) is 24.9 Å². The molecular weight excluding hydrogens is 415 g/mol. The first-order chi connectivity index (χ1) is 15.4. The number of rotatable bonds is 7. The maximum atomic E-state index is 13.8. The third kappa shape index (κ3) is 4.96. The highest BCUT2D eigenvalue weighted by molar-refractivity contribution is 5.90. The molecule has 170 valence electrons. The largest absolute Gasteiger partial charge is 0.362 e. The first-order valence-corrected chi connectivity index (χ1v) is 11.0. The van der Waals surface area contributed by atoms with Gasteiger partial charge in [-0.15, -0.1) is 0 Å². The summed E-state index contributed by atoms with van der Waals surface area (Å²) in [5, 5.41) is 7.92. The van der Waals surface area contributed by atoms with Crippen molar-refractivity contribution >= 4 is 22.7 Å². The zero-order chi connectivity index (χ0) is 22.7. The molecule has 0 spiro atoms.